The number of ether oxygens (including phenoxy) is 1. The average molecular weight is 257 g/mol. The highest BCUT2D eigenvalue weighted by atomic mass is 16.5. The summed E-state index contributed by atoms with van der Waals surface area (Å²) >= 11 is 0. The molecule has 0 fully saturated rings. The van der Waals surface area contributed by atoms with E-state index in [0.717, 1.165) is 0 Å². The number of carbonyl (C=O) groups excluding carboxylic acids is 1. The predicted octanol–water partition coefficient (Wildman–Crippen LogP) is 2.68. The van der Waals surface area contributed by atoms with Crippen molar-refractivity contribution in [2.24, 2.45) is 0 Å². The molecule has 4 nitrogen and oxygen atoms in total. The van der Waals surface area contributed by atoms with E-state index in [0.29, 0.717) is 17.0 Å². The lowest BCUT2D eigenvalue weighted by Crippen LogP contribution is -2.26. The normalized spacial score (nSPS) is 10.0. The smallest absolute Gasteiger partial charge is 0.258 e. The Bertz CT molecular complexity index is 578. The molecule has 0 heterocycles. The van der Waals surface area contributed by atoms with Crippen LogP contribution in [0.5, 0.6) is 11.5 Å². The van der Waals surface area contributed by atoms with Gasteiger partial charge in [-0.2, -0.15) is 0 Å². The Morgan fingerprint density at radius 1 is 1.16 bits per heavy atom. The van der Waals surface area contributed by atoms with Crippen molar-refractivity contribution in [3.05, 3.63) is 54.1 Å². The molecule has 19 heavy (non-hydrogen) atoms. The van der Waals surface area contributed by atoms with Crippen LogP contribution < -0.4 is 9.64 Å². The van der Waals surface area contributed by atoms with Crippen molar-refractivity contribution >= 4 is 11.6 Å². The maximum atomic E-state index is 12.3. The molecule has 0 aliphatic rings. The monoisotopic (exact) mass is 257 g/mol. The molecule has 0 radical (unpaired) electrons. The number of amides is 1. The summed E-state index contributed by atoms with van der Waals surface area (Å²) in [5.74, 6) is 0.691. The Balaban J connectivity index is 2.23. The van der Waals surface area contributed by atoms with Crippen molar-refractivity contribution in [2.45, 2.75) is 0 Å². The fraction of sp³-hybridized carbons (Fsp3) is 0.133. The van der Waals surface area contributed by atoms with Crippen molar-refractivity contribution in [3.63, 3.8) is 0 Å². The number of carbonyl (C=O) groups is 1. The fourth-order valence-corrected chi connectivity index (χ4v) is 1.75. The molecule has 98 valence electrons. The zero-order chi connectivity index (χ0) is 13.8. The van der Waals surface area contributed by atoms with Gasteiger partial charge in [-0.05, 0) is 36.4 Å². The predicted molar refractivity (Wildman–Crippen MR) is 73.8 cm³/mol. The first-order valence-electron chi connectivity index (χ1n) is 5.83. The van der Waals surface area contributed by atoms with E-state index in [1.807, 2.05) is 0 Å². The molecular formula is C15H15NO3. The van der Waals surface area contributed by atoms with Crippen molar-refractivity contribution in [1.82, 2.24) is 0 Å². The molecule has 0 aliphatic heterocycles. The molecule has 1 N–H and O–H groups in total. The van der Waals surface area contributed by atoms with Crippen LogP contribution in [0, 0.1) is 0 Å². The molecule has 2 aromatic carbocycles. The summed E-state index contributed by atoms with van der Waals surface area (Å²) in [6.45, 7) is 0. The van der Waals surface area contributed by atoms with Gasteiger partial charge in [-0.1, -0.05) is 6.07 Å². The number of hydrogen-bond donors (Lipinski definition) is 1. The van der Waals surface area contributed by atoms with Gasteiger partial charge in [0.1, 0.15) is 11.5 Å². The molecule has 0 bridgehead atoms. The summed E-state index contributed by atoms with van der Waals surface area (Å²) in [6.07, 6.45) is 0. The molecule has 1 amide bonds. The van der Waals surface area contributed by atoms with E-state index < -0.39 is 0 Å². The second-order valence-electron chi connectivity index (χ2n) is 4.11. The number of benzene rings is 2. The van der Waals surface area contributed by atoms with E-state index >= 15 is 0 Å². The summed E-state index contributed by atoms with van der Waals surface area (Å²) in [6, 6.07) is 13.5. The van der Waals surface area contributed by atoms with Gasteiger partial charge in [-0.3, -0.25) is 4.79 Å². The van der Waals surface area contributed by atoms with Crippen molar-refractivity contribution < 1.29 is 14.6 Å². The Morgan fingerprint density at radius 2 is 1.84 bits per heavy atom. The lowest BCUT2D eigenvalue weighted by atomic mass is 10.2. The minimum atomic E-state index is -0.145. The third-order valence-electron chi connectivity index (χ3n) is 2.86. The number of hydrogen-bond acceptors (Lipinski definition) is 3. The first kappa shape index (κ1) is 13.0. The Morgan fingerprint density at radius 3 is 2.42 bits per heavy atom. The van der Waals surface area contributed by atoms with Crippen LogP contribution in [-0.4, -0.2) is 25.2 Å². The van der Waals surface area contributed by atoms with Gasteiger partial charge in [0.2, 0.25) is 0 Å². The van der Waals surface area contributed by atoms with Crippen LogP contribution in [0.4, 0.5) is 5.69 Å². The first-order valence-corrected chi connectivity index (χ1v) is 5.83. The fourth-order valence-electron chi connectivity index (χ4n) is 1.75. The Kier molecular flexibility index (Phi) is 3.71. The van der Waals surface area contributed by atoms with Crippen LogP contribution in [0.2, 0.25) is 0 Å². The number of anilines is 1. The molecule has 0 aromatic heterocycles. The first-order chi connectivity index (χ1) is 9.11. The number of methoxy groups -OCH3 is 1. The minimum absolute atomic E-state index is 0.131. The quantitative estimate of drug-likeness (QED) is 0.919. The van der Waals surface area contributed by atoms with Crippen molar-refractivity contribution in [1.29, 1.82) is 0 Å². The van der Waals surface area contributed by atoms with Crippen LogP contribution in [0.15, 0.2) is 48.5 Å². The average Bonchev–Trinajstić information content (AvgIpc) is 2.46. The topological polar surface area (TPSA) is 49.8 Å². The largest absolute Gasteiger partial charge is 0.508 e. The van der Waals surface area contributed by atoms with E-state index in [1.165, 1.54) is 4.90 Å². The van der Waals surface area contributed by atoms with Gasteiger partial charge in [0.15, 0.2) is 0 Å². The maximum absolute atomic E-state index is 12.3. The number of phenolic OH excluding ortho intramolecular Hbond substituents is 1. The Hall–Kier alpha value is -2.49. The van der Waals surface area contributed by atoms with Gasteiger partial charge in [0.25, 0.3) is 5.91 Å². The van der Waals surface area contributed by atoms with E-state index in [1.54, 1.807) is 62.7 Å². The van der Waals surface area contributed by atoms with Crippen LogP contribution in [0.1, 0.15) is 10.4 Å². The molecule has 0 aliphatic carbocycles. The Labute approximate surface area is 111 Å². The van der Waals surface area contributed by atoms with E-state index in [9.17, 15) is 9.90 Å². The SMILES string of the molecule is COc1ccc(C(=O)N(C)c2cccc(O)c2)cc1. The molecule has 2 aromatic rings. The van der Waals surface area contributed by atoms with Crippen molar-refractivity contribution in [2.75, 3.05) is 19.1 Å². The summed E-state index contributed by atoms with van der Waals surface area (Å²) in [5.41, 5.74) is 1.20. The van der Waals surface area contributed by atoms with Gasteiger partial charge in [-0.25, -0.2) is 0 Å². The number of phenols is 1. The second kappa shape index (κ2) is 5.44. The summed E-state index contributed by atoms with van der Waals surface area (Å²) in [4.78, 5) is 13.7. The summed E-state index contributed by atoms with van der Waals surface area (Å²) < 4.78 is 5.05. The molecule has 4 heteroatoms. The van der Waals surface area contributed by atoms with Crippen LogP contribution in [-0.2, 0) is 0 Å². The highest BCUT2D eigenvalue weighted by Crippen LogP contribution is 2.21. The number of aromatic hydroxyl groups is 1. The highest BCUT2D eigenvalue weighted by Gasteiger charge is 2.13. The maximum Gasteiger partial charge on any atom is 0.258 e. The molecule has 0 spiro atoms. The third kappa shape index (κ3) is 2.85. The zero-order valence-corrected chi connectivity index (χ0v) is 10.8. The van der Waals surface area contributed by atoms with Gasteiger partial charge in [0.05, 0.1) is 7.11 Å². The summed E-state index contributed by atoms with van der Waals surface area (Å²) in [5, 5.41) is 9.43. The van der Waals surface area contributed by atoms with Gasteiger partial charge in [0, 0.05) is 24.4 Å². The highest BCUT2D eigenvalue weighted by molar-refractivity contribution is 6.05. The van der Waals surface area contributed by atoms with Gasteiger partial charge < -0.3 is 14.7 Å². The number of rotatable bonds is 3. The molecule has 2 rings (SSSR count). The third-order valence-corrected chi connectivity index (χ3v) is 2.86. The van der Waals surface area contributed by atoms with Crippen LogP contribution in [0.25, 0.3) is 0 Å². The molecule has 0 saturated carbocycles. The van der Waals surface area contributed by atoms with Crippen LogP contribution >= 0.6 is 0 Å². The molecular weight excluding hydrogens is 242 g/mol. The standard InChI is InChI=1S/C15H15NO3/c1-16(12-4-3-5-13(17)10-12)15(18)11-6-8-14(19-2)9-7-11/h3-10,17H,1-2H3. The van der Waals surface area contributed by atoms with Gasteiger partial charge in [-0.15, -0.1) is 0 Å². The van der Waals surface area contributed by atoms with Crippen LogP contribution in [0.3, 0.4) is 0 Å². The van der Waals surface area contributed by atoms with E-state index in [4.69, 9.17) is 4.74 Å². The van der Waals surface area contributed by atoms with E-state index in [2.05, 4.69) is 0 Å². The molecule has 0 atom stereocenters. The van der Waals surface area contributed by atoms with E-state index in [-0.39, 0.29) is 11.7 Å². The summed E-state index contributed by atoms with van der Waals surface area (Å²) in [7, 11) is 3.25. The lowest BCUT2D eigenvalue weighted by molar-refractivity contribution is 0.0993. The second-order valence-corrected chi connectivity index (χ2v) is 4.11. The molecule has 0 unspecified atom stereocenters. The number of nitrogens with zero attached hydrogens (tertiary/aromatic N) is 1. The van der Waals surface area contributed by atoms with Gasteiger partial charge >= 0.3 is 0 Å². The lowest BCUT2D eigenvalue weighted by Gasteiger charge is -2.17. The minimum Gasteiger partial charge on any atom is -0.508 e. The van der Waals surface area contributed by atoms with Crippen molar-refractivity contribution in [3.8, 4) is 11.5 Å². The molecule has 0 saturated heterocycles. The zero-order valence-electron chi connectivity index (χ0n) is 10.8.